The van der Waals surface area contributed by atoms with Gasteiger partial charge < -0.3 is 5.11 Å². The number of hydrogen-bond acceptors (Lipinski definition) is 2. The van der Waals surface area contributed by atoms with E-state index in [4.69, 9.17) is 0 Å². The second-order valence-corrected chi connectivity index (χ2v) is 9.17. The molecule has 0 aliphatic heterocycles. The van der Waals surface area contributed by atoms with Gasteiger partial charge in [-0.15, -0.1) is 0 Å². The van der Waals surface area contributed by atoms with Crippen LogP contribution in [0.5, 0.6) is 0 Å². The topological polar surface area (TPSA) is 23.5 Å². The van der Waals surface area contributed by atoms with E-state index >= 15 is 0 Å². The van der Waals surface area contributed by atoms with Crippen molar-refractivity contribution < 1.29 is 9.50 Å². The van der Waals surface area contributed by atoms with Gasteiger partial charge in [0.1, 0.15) is 11.4 Å². The van der Waals surface area contributed by atoms with Gasteiger partial charge >= 0.3 is 0 Å². The molecule has 0 saturated heterocycles. The van der Waals surface area contributed by atoms with Crippen LogP contribution in [0.2, 0.25) is 0 Å². The minimum atomic E-state index is -1.32. The minimum absolute atomic E-state index is 0.00851. The minimum Gasteiger partial charge on any atom is -0.380 e. The monoisotopic (exact) mass is 453 g/mol. The van der Waals surface area contributed by atoms with Gasteiger partial charge in [-0.3, -0.25) is 4.90 Å². The van der Waals surface area contributed by atoms with Crippen LogP contribution >= 0.6 is 0 Å². The van der Waals surface area contributed by atoms with E-state index in [1.807, 2.05) is 49.4 Å². The van der Waals surface area contributed by atoms with E-state index in [0.29, 0.717) is 12.0 Å². The molecule has 0 saturated carbocycles. The third kappa shape index (κ3) is 5.80. The largest absolute Gasteiger partial charge is 0.380 e. The predicted octanol–water partition coefficient (Wildman–Crippen LogP) is 6.85. The van der Waals surface area contributed by atoms with Crippen LogP contribution in [0.15, 0.2) is 109 Å². The predicted molar refractivity (Wildman–Crippen MR) is 137 cm³/mol. The third-order valence-corrected chi connectivity index (χ3v) is 6.47. The van der Waals surface area contributed by atoms with Crippen molar-refractivity contribution in [2.45, 2.75) is 45.0 Å². The summed E-state index contributed by atoms with van der Waals surface area (Å²) in [6.07, 6.45) is 0.430. The lowest BCUT2D eigenvalue weighted by atomic mass is 9.80. The number of halogens is 1. The Balaban J connectivity index is 1.69. The van der Waals surface area contributed by atoms with Crippen LogP contribution in [0.1, 0.15) is 41.2 Å². The van der Waals surface area contributed by atoms with Gasteiger partial charge in [-0.05, 0) is 54.7 Å². The fraction of sp³-hybridized carbons (Fsp3) is 0.226. The molecule has 0 radical (unpaired) electrons. The van der Waals surface area contributed by atoms with Crippen LogP contribution in [-0.2, 0) is 18.7 Å². The van der Waals surface area contributed by atoms with Crippen LogP contribution < -0.4 is 0 Å². The molecule has 0 aliphatic carbocycles. The number of aliphatic hydroxyl groups is 1. The molecule has 0 amide bonds. The van der Waals surface area contributed by atoms with Crippen LogP contribution in [0.3, 0.4) is 0 Å². The van der Waals surface area contributed by atoms with E-state index in [2.05, 4.69) is 60.4 Å². The Hall–Kier alpha value is -3.27. The lowest BCUT2D eigenvalue weighted by molar-refractivity contribution is 0.0322. The second kappa shape index (κ2) is 10.8. The molecule has 0 spiro atoms. The number of aryl methyl sites for hydroxylation is 1. The summed E-state index contributed by atoms with van der Waals surface area (Å²) in [5.41, 5.74) is 3.53. The molecule has 34 heavy (non-hydrogen) atoms. The number of hydrogen-bond donors (Lipinski definition) is 1. The van der Waals surface area contributed by atoms with E-state index in [9.17, 15) is 9.50 Å². The highest BCUT2D eigenvalue weighted by Crippen LogP contribution is 2.36. The van der Waals surface area contributed by atoms with Crippen molar-refractivity contribution >= 4 is 0 Å². The Labute approximate surface area is 202 Å². The molecule has 4 rings (SSSR count). The van der Waals surface area contributed by atoms with Crippen LogP contribution in [0.25, 0.3) is 0 Å². The zero-order chi connectivity index (χ0) is 24.0. The standard InChI is InChI=1S/C31H32FNO/c1-24-11-9-16-28(19-24)31(34,29-17-10-18-30(32)20-29)21-25(2)33(22-26-12-5-3-6-13-26)23-27-14-7-4-8-15-27/h3-20,25,34H,21-23H2,1-2H3. The normalized spacial score (nSPS) is 14.0. The Morgan fingerprint density at radius 2 is 1.26 bits per heavy atom. The van der Waals surface area contributed by atoms with Gasteiger partial charge in [-0.25, -0.2) is 4.39 Å². The first-order valence-electron chi connectivity index (χ1n) is 11.8. The highest BCUT2D eigenvalue weighted by atomic mass is 19.1. The molecule has 4 aromatic rings. The van der Waals surface area contributed by atoms with E-state index in [1.165, 1.54) is 23.3 Å². The zero-order valence-corrected chi connectivity index (χ0v) is 19.9. The van der Waals surface area contributed by atoms with Crippen molar-refractivity contribution in [1.29, 1.82) is 0 Å². The summed E-state index contributed by atoms with van der Waals surface area (Å²) in [4.78, 5) is 2.38. The van der Waals surface area contributed by atoms with Gasteiger partial charge in [0.2, 0.25) is 0 Å². The van der Waals surface area contributed by atoms with Crippen molar-refractivity contribution in [2.24, 2.45) is 0 Å². The Bertz CT molecular complexity index is 1110. The summed E-state index contributed by atoms with van der Waals surface area (Å²) in [5, 5.41) is 12.2. The first-order valence-corrected chi connectivity index (χ1v) is 11.8. The molecule has 0 aliphatic rings. The van der Waals surface area contributed by atoms with Crippen molar-refractivity contribution in [1.82, 2.24) is 4.90 Å². The average Bonchev–Trinajstić information content (AvgIpc) is 2.85. The summed E-state index contributed by atoms with van der Waals surface area (Å²) in [6, 6.07) is 35.0. The zero-order valence-electron chi connectivity index (χ0n) is 19.9. The molecule has 0 aromatic heterocycles. The van der Waals surface area contributed by atoms with E-state index in [0.717, 1.165) is 24.2 Å². The fourth-order valence-corrected chi connectivity index (χ4v) is 4.61. The lowest BCUT2D eigenvalue weighted by Gasteiger charge is -2.37. The van der Waals surface area contributed by atoms with E-state index in [1.54, 1.807) is 6.07 Å². The van der Waals surface area contributed by atoms with Crippen LogP contribution in [0.4, 0.5) is 4.39 Å². The molecule has 3 heteroatoms. The Morgan fingerprint density at radius 3 is 1.79 bits per heavy atom. The van der Waals surface area contributed by atoms with Crippen molar-refractivity contribution in [3.63, 3.8) is 0 Å². The molecular formula is C31H32FNO. The summed E-state index contributed by atoms with van der Waals surface area (Å²) in [5.74, 6) is -0.346. The number of nitrogens with zero attached hydrogens (tertiary/aromatic N) is 1. The Morgan fingerprint density at radius 1 is 0.735 bits per heavy atom. The first-order chi connectivity index (χ1) is 16.4. The van der Waals surface area contributed by atoms with E-state index < -0.39 is 5.60 Å². The highest BCUT2D eigenvalue weighted by Gasteiger charge is 2.35. The summed E-state index contributed by atoms with van der Waals surface area (Å²) >= 11 is 0. The molecule has 1 N–H and O–H groups in total. The molecule has 4 aromatic carbocycles. The molecule has 0 fully saturated rings. The maximum absolute atomic E-state index is 14.2. The van der Waals surface area contributed by atoms with Crippen LogP contribution in [0, 0.1) is 12.7 Å². The van der Waals surface area contributed by atoms with Gasteiger partial charge in [0.25, 0.3) is 0 Å². The van der Waals surface area contributed by atoms with Crippen molar-refractivity contribution in [3.8, 4) is 0 Å². The van der Waals surface area contributed by atoms with Gasteiger partial charge in [-0.2, -0.15) is 0 Å². The number of benzene rings is 4. The highest BCUT2D eigenvalue weighted by molar-refractivity contribution is 5.38. The lowest BCUT2D eigenvalue weighted by Crippen LogP contribution is -2.40. The maximum atomic E-state index is 14.2. The molecule has 2 nitrogen and oxygen atoms in total. The Kier molecular flexibility index (Phi) is 7.56. The molecule has 174 valence electrons. The maximum Gasteiger partial charge on any atom is 0.123 e. The molecule has 2 unspecified atom stereocenters. The van der Waals surface area contributed by atoms with Gasteiger partial charge in [0.05, 0.1) is 0 Å². The van der Waals surface area contributed by atoms with Gasteiger partial charge in [-0.1, -0.05) is 103 Å². The summed E-state index contributed by atoms with van der Waals surface area (Å²) in [7, 11) is 0. The molecule has 0 heterocycles. The van der Waals surface area contributed by atoms with Crippen molar-refractivity contribution in [3.05, 3.63) is 143 Å². The van der Waals surface area contributed by atoms with Gasteiger partial charge in [0, 0.05) is 19.1 Å². The smallest absolute Gasteiger partial charge is 0.123 e. The molecule has 2 atom stereocenters. The second-order valence-electron chi connectivity index (χ2n) is 9.17. The number of rotatable bonds is 9. The SMILES string of the molecule is Cc1cccc(C(O)(CC(C)N(Cc2ccccc2)Cc2ccccc2)c2cccc(F)c2)c1. The van der Waals surface area contributed by atoms with Crippen molar-refractivity contribution in [2.75, 3.05) is 0 Å². The quantitative estimate of drug-likeness (QED) is 0.300. The summed E-state index contributed by atoms with van der Waals surface area (Å²) in [6.45, 7) is 5.66. The fourth-order valence-electron chi connectivity index (χ4n) is 4.61. The molecule has 0 bridgehead atoms. The van der Waals surface area contributed by atoms with E-state index in [-0.39, 0.29) is 11.9 Å². The van der Waals surface area contributed by atoms with Crippen LogP contribution in [-0.4, -0.2) is 16.0 Å². The first kappa shape index (κ1) is 23.9. The average molecular weight is 454 g/mol. The third-order valence-electron chi connectivity index (χ3n) is 6.47. The van der Waals surface area contributed by atoms with Gasteiger partial charge in [0.15, 0.2) is 0 Å². The molecular weight excluding hydrogens is 421 g/mol. The summed E-state index contributed by atoms with van der Waals surface area (Å²) < 4.78 is 14.2.